The van der Waals surface area contributed by atoms with Gasteiger partial charge in [-0.2, -0.15) is 0 Å². The summed E-state index contributed by atoms with van der Waals surface area (Å²) >= 11 is 1.72. The summed E-state index contributed by atoms with van der Waals surface area (Å²) in [5.74, 6) is -0.119. The van der Waals surface area contributed by atoms with Crippen molar-refractivity contribution in [3.05, 3.63) is 34.5 Å². The molecule has 0 radical (unpaired) electrons. The van der Waals surface area contributed by atoms with Crippen molar-refractivity contribution in [2.45, 2.75) is 32.4 Å². The highest BCUT2D eigenvalue weighted by Crippen LogP contribution is 2.16. The van der Waals surface area contributed by atoms with Gasteiger partial charge < -0.3 is 11.1 Å². The first kappa shape index (κ1) is 12.9. The summed E-state index contributed by atoms with van der Waals surface area (Å²) < 4.78 is 0. The van der Waals surface area contributed by atoms with Crippen LogP contribution in [0.1, 0.15) is 23.1 Å². The standard InChI is InChI=1S/C12H18N2OS/c1-3-5-11(13)12(15)14-8-10-7-6-9(4-2)16-10/h3,6-7,11H,1,4-5,8,13H2,2H3,(H,14,15). The maximum absolute atomic E-state index is 11.5. The Bertz CT molecular complexity index is 360. The van der Waals surface area contributed by atoms with E-state index in [0.29, 0.717) is 13.0 Å². The lowest BCUT2D eigenvalue weighted by Crippen LogP contribution is -2.39. The number of thiophene rings is 1. The van der Waals surface area contributed by atoms with Gasteiger partial charge in [0.05, 0.1) is 12.6 Å². The summed E-state index contributed by atoms with van der Waals surface area (Å²) in [6.45, 7) is 6.24. The number of amides is 1. The van der Waals surface area contributed by atoms with Crippen molar-refractivity contribution in [2.75, 3.05) is 0 Å². The smallest absolute Gasteiger partial charge is 0.237 e. The van der Waals surface area contributed by atoms with Gasteiger partial charge in [-0.1, -0.05) is 13.0 Å². The molecule has 1 amide bonds. The van der Waals surface area contributed by atoms with Crippen molar-refractivity contribution in [1.82, 2.24) is 5.32 Å². The lowest BCUT2D eigenvalue weighted by molar-refractivity contribution is -0.122. The number of hydrogen-bond donors (Lipinski definition) is 2. The van der Waals surface area contributed by atoms with Crippen LogP contribution in [0.3, 0.4) is 0 Å². The van der Waals surface area contributed by atoms with E-state index in [-0.39, 0.29) is 5.91 Å². The number of nitrogens with two attached hydrogens (primary N) is 1. The van der Waals surface area contributed by atoms with Gasteiger partial charge >= 0.3 is 0 Å². The SMILES string of the molecule is C=CCC(N)C(=O)NCc1ccc(CC)s1. The highest BCUT2D eigenvalue weighted by Gasteiger charge is 2.11. The van der Waals surface area contributed by atoms with Crippen molar-refractivity contribution >= 4 is 17.2 Å². The topological polar surface area (TPSA) is 55.1 Å². The molecule has 1 rings (SSSR count). The van der Waals surface area contributed by atoms with E-state index in [0.717, 1.165) is 11.3 Å². The van der Waals surface area contributed by atoms with Crippen LogP contribution in [0.25, 0.3) is 0 Å². The summed E-state index contributed by atoms with van der Waals surface area (Å²) in [5.41, 5.74) is 5.64. The maximum Gasteiger partial charge on any atom is 0.237 e. The van der Waals surface area contributed by atoms with Gasteiger partial charge in [-0.3, -0.25) is 4.79 Å². The third-order valence-electron chi connectivity index (χ3n) is 2.26. The predicted molar refractivity (Wildman–Crippen MR) is 68.3 cm³/mol. The second kappa shape index (κ2) is 6.45. The van der Waals surface area contributed by atoms with E-state index in [2.05, 4.69) is 24.9 Å². The normalized spacial score (nSPS) is 12.1. The molecule has 1 heterocycles. The van der Waals surface area contributed by atoms with E-state index < -0.39 is 6.04 Å². The number of carbonyl (C=O) groups is 1. The molecule has 88 valence electrons. The number of carbonyl (C=O) groups excluding carboxylic acids is 1. The van der Waals surface area contributed by atoms with Gasteiger partial charge in [0.2, 0.25) is 5.91 Å². The third kappa shape index (κ3) is 3.79. The van der Waals surface area contributed by atoms with Crippen molar-refractivity contribution in [3.63, 3.8) is 0 Å². The molecule has 0 aliphatic carbocycles. The number of hydrogen-bond acceptors (Lipinski definition) is 3. The molecule has 1 atom stereocenters. The average Bonchev–Trinajstić information content (AvgIpc) is 2.74. The predicted octanol–water partition coefficient (Wildman–Crippen LogP) is 1.83. The highest BCUT2D eigenvalue weighted by atomic mass is 32.1. The molecule has 0 bridgehead atoms. The van der Waals surface area contributed by atoms with Crippen LogP contribution in [0, 0.1) is 0 Å². The van der Waals surface area contributed by atoms with Gasteiger partial charge in [0.25, 0.3) is 0 Å². The van der Waals surface area contributed by atoms with Gasteiger partial charge in [0, 0.05) is 9.75 Å². The van der Waals surface area contributed by atoms with Crippen molar-refractivity contribution in [2.24, 2.45) is 5.73 Å². The fraction of sp³-hybridized carbons (Fsp3) is 0.417. The molecule has 16 heavy (non-hydrogen) atoms. The van der Waals surface area contributed by atoms with E-state index in [9.17, 15) is 4.79 Å². The van der Waals surface area contributed by atoms with Crippen molar-refractivity contribution in [1.29, 1.82) is 0 Å². The zero-order chi connectivity index (χ0) is 12.0. The molecule has 0 saturated heterocycles. The fourth-order valence-electron chi connectivity index (χ4n) is 1.30. The van der Waals surface area contributed by atoms with E-state index in [1.54, 1.807) is 17.4 Å². The lowest BCUT2D eigenvalue weighted by Gasteiger charge is -2.08. The zero-order valence-corrected chi connectivity index (χ0v) is 10.3. The van der Waals surface area contributed by atoms with Crippen LogP contribution in [-0.2, 0) is 17.8 Å². The second-order valence-corrected chi connectivity index (χ2v) is 4.82. The van der Waals surface area contributed by atoms with Crippen molar-refractivity contribution < 1.29 is 4.79 Å². The monoisotopic (exact) mass is 238 g/mol. The molecule has 0 aliphatic heterocycles. The molecular weight excluding hydrogens is 220 g/mol. The van der Waals surface area contributed by atoms with Gasteiger partial charge in [-0.15, -0.1) is 17.9 Å². The first-order valence-corrected chi connectivity index (χ1v) is 6.20. The summed E-state index contributed by atoms with van der Waals surface area (Å²) in [5, 5.41) is 2.82. The van der Waals surface area contributed by atoms with Crippen LogP contribution in [-0.4, -0.2) is 11.9 Å². The first-order chi connectivity index (χ1) is 7.67. The Labute approximate surface area is 100 Å². The Morgan fingerprint density at radius 3 is 2.88 bits per heavy atom. The molecule has 3 nitrogen and oxygen atoms in total. The zero-order valence-electron chi connectivity index (χ0n) is 9.53. The Balaban J connectivity index is 2.39. The highest BCUT2D eigenvalue weighted by molar-refractivity contribution is 7.11. The minimum absolute atomic E-state index is 0.119. The molecule has 1 unspecified atom stereocenters. The molecule has 0 aromatic carbocycles. The van der Waals surface area contributed by atoms with Gasteiger partial charge in [0.15, 0.2) is 0 Å². The Kier molecular flexibility index (Phi) is 5.22. The summed E-state index contributed by atoms with van der Waals surface area (Å²) in [4.78, 5) is 14.0. The van der Waals surface area contributed by atoms with Crippen LogP contribution in [0.2, 0.25) is 0 Å². The fourth-order valence-corrected chi connectivity index (χ4v) is 2.20. The Morgan fingerprint density at radius 1 is 1.62 bits per heavy atom. The number of nitrogens with one attached hydrogen (secondary N) is 1. The molecule has 3 N–H and O–H groups in total. The lowest BCUT2D eigenvalue weighted by atomic mass is 10.2. The minimum atomic E-state index is -0.483. The quantitative estimate of drug-likeness (QED) is 0.743. The largest absolute Gasteiger partial charge is 0.350 e. The number of aryl methyl sites for hydroxylation is 1. The van der Waals surface area contributed by atoms with E-state index in [4.69, 9.17) is 5.73 Å². The van der Waals surface area contributed by atoms with Crippen LogP contribution in [0.15, 0.2) is 24.8 Å². The average molecular weight is 238 g/mol. The second-order valence-electron chi connectivity index (χ2n) is 3.57. The van der Waals surface area contributed by atoms with Crippen LogP contribution >= 0.6 is 11.3 Å². The van der Waals surface area contributed by atoms with Crippen LogP contribution < -0.4 is 11.1 Å². The van der Waals surface area contributed by atoms with E-state index in [1.165, 1.54) is 4.88 Å². The van der Waals surface area contributed by atoms with Crippen LogP contribution in [0.4, 0.5) is 0 Å². The number of rotatable bonds is 6. The van der Waals surface area contributed by atoms with Gasteiger partial charge in [-0.05, 0) is 25.0 Å². The minimum Gasteiger partial charge on any atom is -0.350 e. The molecule has 1 aromatic heterocycles. The molecule has 0 aliphatic rings. The molecule has 0 saturated carbocycles. The summed E-state index contributed by atoms with van der Waals surface area (Å²) in [6.07, 6.45) is 3.20. The van der Waals surface area contributed by atoms with E-state index in [1.807, 2.05) is 6.07 Å². The van der Waals surface area contributed by atoms with Gasteiger partial charge in [-0.25, -0.2) is 0 Å². The van der Waals surface area contributed by atoms with E-state index >= 15 is 0 Å². The van der Waals surface area contributed by atoms with Crippen molar-refractivity contribution in [3.8, 4) is 0 Å². The molecular formula is C12H18N2OS. The third-order valence-corrected chi connectivity index (χ3v) is 3.49. The first-order valence-electron chi connectivity index (χ1n) is 5.39. The molecule has 1 aromatic rings. The summed E-state index contributed by atoms with van der Waals surface area (Å²) in [7, 11) is 0. The molecule has 4 heteroatoms. The Morgan fingerprint density at radius 2 is 2.31 bits per heavy atom. The van der Waals surface area contributed by atoms with Gasteiger partial charge in [0.1, 0.15) is 0 Å². The molecule has 0 fully saturated rings. The molecule has 0 spiro atoms. The maximum atomic E-state index is 11.5. The summed E-state index contributed by atoms with van der Waals surface area (Å²) in [6, 6.07) is 3.65. The van der Waals surface area contributed by atoms with Crippen LogP contribution in [0.5, 0.6) is 0 Å². The Hall–Kier alpha value is -1.13.